The highest BCUT2D eigenvalue weighted by molar-refractivity contribution is 8.14. The minimum absolute atomic E-state index is 0.0282. The van der Waals surface area contributed by atoms with E-state index in [1.54, 1.807) is 23.9 Å². The zero-order chi connectivity index (χ0) is 17.2. The molecular weight excluding hydrogens is 339 g/mol. The zero-order valence-electron chi connectivity index (χ0n) is 13.3. The normalized spacial score (nSPS) is 17.7. The van der Waals surface area contributed by atoms with Gasteiger partial charge in [-0.05, 0) is 41.0 Å². The Hall–Kier alpha value is -2.67. The number of carbonyl (C=O) groups excluding carboxylic acids is 1. The summed E-state index contributed by atoms with van der Waals surface area (Å²) in [6.45, 7) is 0.479. The van der Waals surface area contributed by atoms with Crippen LogP contribution in [0.5, 0.6) is 0 Å². The molecule has 0 saturated heterocycles. The molecule has 0 unspecified atom stereocenters. The molecule has 25 heavy (non-hydrogen) atoms. The molecule has 126 valence electrons. The van der Waals surface area contributed by atoms with Gasteiger partial charge in [-0.15, -0.1) is 0 Å². The molecule has 0 fully saturated rings. The number of benzene rings is 2. The van der Waals surface area contributed by atoms with Crippen LogP contribution >= 0.6 is 11.8 Å². The topological polar surface area (TPSA) is 65.8 Å². The van der Waals surface area contributed by atoms with Crippen molar-refractivity contribution < 1.29 is 9.18 Å². The molecule has 1 amide bonds. The first-order chi connectivity index (χ1) is 12.2. The molecule has 0 saturated carbocycles. The van der Waals surface area contributed by atoms with Gasteiger partial charge in [-0.2, -0.15) is 5.10 Å². The van der Waals surface area contributed by atoms with Gasteiger partial charge >= 0.3 is 0 Å². The number of nitrogens with one attached hydrogen (secondary N) is 2. The van der Waals surface area contributed by atoms with Crippen molar-refractivity contribution in [2.75, 3.05) is 11.1 Å². The summed E-state index contributed by atoms with van der Waals surface area (Å²) in [5.41, 5.74) is 7.73. The van der Waals surface area contributed by atoms with Crippen LogP contribution in [0, 0.1) is 5.82 Å². The Labute approximate surface area is 148 Å². The largest absolute Gasteiger partial charge is 0.326 e. The Morgan fingerprint density at radius 3 is 2.80 bits per heavy atom. The van der Waals surface area contributed by atoms with Crippen molar-refractivity contribution in [2.24, 2.45) is 10.1 Å². The number of rotatable bonds is 3. The Morgan fingerprint density at radius 2 is 2.04 bits per heavy atom. The highest BCUT2D eigenvalue weighted by atomic mass is 32.2. The number of amidine groups is 1. The fourth-order valence-corrected chi connectivity index (χ4v) is 3.48. The molecule has 0 bridgehead atoms. The van der Waals surface area contributed by atoms with Crippen molar-refractivity contribution in [1.29, 1.82) is 0 Å². The lowest BCUT2D eigenvalue weighted by Gasteiger charge is -2.15. The fourth-order valence-electron chi connectivity index (χ4n) is 2.71. The lowest BCUT2D eigenvalue weighted by atomic mass is 10.1. The molecule has 0 aliphatic carbocycles. The number of amides is 1. The maximum absolute atomic E-state index is 12.9. The summed E-state index contributed by atoms with van der Waals surface area (Å²) >= 11 is 1.57. The van der Waals surface area contributed by atoms with Crippen LogP contribution in [0.1, 0.15) is 16.7 Å². The van der Waals surface area contributed by atoms with Gasteiger partial charge in [0.15, 0.2) is 5.17 Å². The first-order valence-electron chi connectivity index (χ1n) is 7.85. The van der Waals surface area contributed by atoms with E-state index in [4.69, 9.17) is 0 Å². The van der Waals surface area contributed by atoms with Crippen LogP contribution in [0.2, 0.25) is 0 Å². The number of anilines is 1. The molecule has 2 aromatic carbocycles. The van der Waals surface area contributed by atoms with Gasteiger partial charge in [-0.25, -0.2) is 4.39 Å². The number of hydrogen-bond acceptors (Lipinski definition) is 4. The summed E-state index contributed by atoms with van der Waals surface area (Å²) in [6, 6.07) is 12.2. The van der Waals surface area contributed by atoms with Crippen LogP contribution < -0.4 is 10.7 Å². The predicted molar refractivity (Wildman–Crippen MR) is 98.4 cm³/mol. The minimum Gasteiger partial charge on any atom is -0.326 e. The fraction of sp³-hybridized carbons (Fsp3) is 0.167. The second-order valence-electron chi connectivity index (χ2n) is 5.80. The standard InChI is InChI=1S/C18H15FN4OS/c19-14-4-1-11(2-5-14)9-20-18-23-22-16(10-25-18)12-3-6-15-13(7-12)8-17(24)21-15/h1-7H,8-10H2,(H,20,23)(H,21,24). The smallest absolute Gasteiger partial charge is 0.228 e. The van der Waals surface area contributed by atoms with Gasteiger partial charge in [0.1, 0.15) is 5.82 Å². The second kappa shape index (κ2) is 6.68. The van der Waals surface area contributed by atoms with Crippen molar-refractivity contribution in [2.45, 2.75) is 13.0 Å². The van der Waals surface area contributed by atoms with Crippen molar-refractivity contribution in [3.63, 3.8) is 0 Å². The van der Waals surface area contributed by atoms with E-state index < -0.39 is 0 Å². The van der Waals surface area contributed by atoms with Gasteiger partial charge in [0.05, 0.1) is 18.7 Å². The third kappa shape index (κ3) is 3.56. The summed E-state index contributed by atoms with van der Waals surface area (Å²) < 4.78 is 12.9. The first-order valence-corrected chi connectivity index (χ1v) is 8.83. The molecule has 0 radical (unpaired) electrons. The summed E-state index contributed by atoms with van der Waals surface area (Å²) in [5, 5.41) is 7.97. The van der Waals surface area contributed by atoms with Crippen molar-refractivity contribution in [3.05, 3.63) is 65.0 Å². The molecule has 2 aliphatic rings. The molecule has 2 heterocycles. The van der Waals surface area contributed by atoms with Crippen molar-refractivity contribution in [1.82, 2.24) is 5.43 Å². The minimum atomic E-state index is -0.248. The van der Waals surface area contributed by atoms with E-state index in [-0.39, 0.29) is 11.7 Å². The van der Waals surface area contributed by atoms with Crippen LogP contribution in [-0.4, -0.2) is 22.5 Å². The number of aliphatic imine (C=N–C) groups is 1. The maximum Gasteiger partial charge on any atom is 0.228 e. The molecule has 2 aliphatic heterocycles. The van der Waals surface area contributed by atoms with E-state index in [9.17, 15) is 9.18 Å². The highest BCUT2D eigenvalue weighted by Crippen LogP contribution is 2.25. The quantitative estimate of drug-likeness (QED) is 0.891. The number of fused-ring (bicyclic) bond motifs is 1. The average molecular weight is 354 g/mol. The molecular formula is C18H15FN4OS. The summed E-state index contributed by atoms with van der Waals surface area (Å²) in [7, 11) is 0. The van der Waals surface area contributed by atoms with Crippen molar-refractivity contribution >= 4 is 34.2 Å². The summed E-state index contributed by atoms with van der Waals surface area (Å²) in [4.78, 5) is 15.9. The van der Waals surface area contributed by atoms with E-state index in [2.05, 4.69) is 20.8 Å². The van der Waals surface area contributed by atoms with Crippen LogP contribution in [0.3, 0.4) is 0 Å². The number of nitrogens with zero attached hydrogens (tertiary/aromatic N) is 2. The average Bonchev–Trinajstić information content (AvgIpc) is 3.01. The third-order valence-corrected chi connectivity index (χ3v) is 4.93. The number of carbonyl (C=O) groups is 1. The van der Waals surface area contributed by atoms with Gasteiger partial charge in [0, 0.05) is 11.4 Å². The lowest BCUT2D eigenvalue weighted by Crippen LogP contribution is -2.25. The molecule has 4 rings (SSSR count). The van der Waals surface area contributed by atoms with E-state index in [0.29, 0.717) is 18.7 Å². The second-order valence-corrected chi connectivity index (χ2v) is 6.77. The maximum atomic E-state index is 12.9. The molecule has 7 heteroatoms. The number of thioether (sulfide) groups is 1. The lowest BCUT2D eigenvalue weighted by molar-refractivity contribution is -0.115. The van der Waals surface area contributed by atoms with Gasteiger partial charge in [0.25, 0.3) is 0 Å². The summed E-state index contributed by atoms with van der Waals surface area (Å²) in [6.07, 6.45) is 0.418. The van der Waals surface area contributed by atoms with Crippen LogP contribution in [0.15, 0.2) is 52.6 Å². The monoisotopic (exact) mass is 354 g/mol. The molecule has 2 aromatic rings. The zero-order valence-corrected chi connectivity index (χ0v) is 14.1. The van der Waals surface area contributed by atoms with E-state index in [1.165, 1.54) is 12.1 Å². The summed E-state index contributed by atoms with van der Waals surface area (Å²) in [5.74, 6) is 0.484. The van der Waals surface area contributed by atoms with Crippen LogP contribution in [0.25, 0.3) is 0 Å². The highest BCUT2D eigenvalue weighted by Gasteiger charge is 2.20. The molecule has 0 spiro atoms. The third-order valence-electron chi connectivity index (χ3n) is 4.01. The Balaban J connectivity index is 1.43. The SMILES string of the molecule is O=C1Cc2cc(C3=NNC(=NCc4ccc(F)cc4)SC3)ccc2N1. The molecule has 2 N–H and O–H groups in total. The van der Waals surface area contributed by atoms with Crippen LogP contribution in [-0.2, 0) is 17.8 Å². The van der Waals surface area contributed by atoms with E-state index in [0.717, 1.165) is 33.3 Å². The van der Waals surface area contributed by atoms with Gasteiger partial charge < -0.3 is 5.32 Å². The van der Waals surface area contributed by atoms with Gasteiger partial charge in [0.2, 0.25) is 5.91 Å². The van der Waals surface area contributed by atoms with E-state index in [1.807, 2.05) is 18.2 Å². The first kappa shape index (κ1) is 15.8. The Kier molecular flexibility index (Phi) is 4.23. The van der Waals surface area contributed by atoms with Gasteiger partial charge in [-0.3, -0.25) is 15.2 Å². The number of hydrogen-bond donors (Lipinski definition) is 2. The molecule has 0 atom stereocenters. The van der Waals surface area contributed by atoms with Crippen molar-refractivity contribution in [3.8, 4) is 0 Å². The Bertz CT molecular complexity index is 892. The predicted octanol–water partition coefficient (Wildman–Crippen LogP) is 2.92. The Morgan fingerprint density at radius 1 is 1.20 bits per heavy atom. The van der Waals surface area contributed by atoms with Gasteiger partial charge in [-0.1, -0.05) is 30.0 Å². The van der Waals surface area contributed by atoms with Crippen LogP contribution in [0.4, 0.5) is 10.1 Å². The molecule has 0 aromatic heterocycles. The van der Waals surface area contributed by atoms with E-state index >= 15 is 0 Å². The molecule has 5 nitrogen and oxygen atoms in total. The number of halogens is 1. The number of hydrazone groups is 1.